The highest BCUT2D eigenvalue weighted by atomic mass is 35.7. The molecule has 110 valence electrons. The summed E-state index contributed by atoms with van der Waals surface area (Å²) in [6.45, 7) is 0. The number of anilines is 1. The van der Waals surface area contributed by atoms with Crippen LogP contribution in [0, 0.1) is 5.82 Å². The summed E-state index contributed by atoms with van der Waals surface area (Å²) in [6.07, 6.45) is 2.74. The summed E-state index contributed by atoms with van der Waals surface area (Å²) in [7, 11) is 1.09. The molecule has 1 aliphatic carbocycles. The van der Waals surface area contributed by atoms with Gasteiger partial charge in [-0.3, -0.25) is 5.32 Å². The van der Waals surface area contributed by atoms with Crippen LogP contribution in [0.3, 0.4) is 0 Å². The molecular weight excluding hydrogens is 309 g/mol. The summed E-state index contributed by atoms with van der Waals surface area (Å²) in [5.41, 5.74) is -0.155. The molecule has 20 heavy (non-hydrogen) atoms. The molecule has 1 N–H and O–H groups in total. The second-order valence-corrected chi connectivity index (χ2v) is 7.08. The third-order valence-electron chi connectivity index (χ3n) is 3.03. The van der Waals surface area contributed by atoms with Crippen molar-refractivity contribution in [3.8, 4) is 0 Å². The lowest BCUT2D eigenvalue weighted by Gasteiger charge is -2.12. The SMILES string of the molecule is O=C(Nc1ccc(S(=O)(=O)Cl)cc1F)OC1CCCC1. The van der Waals surface area contributed by atoms with Crippen molar-refractivity contribution in [1.29, 1.82) is 0 Å². The maximum atomic E-state index is 13.7. The summed E-state index contributed by atoms with van der Waals surface area (Å²) >= 11 is 0. The maximum Gasteiger partial charge on any atom is 0.411 e. The van der Waals surface area contributed by atoms with Gasteiger partial charge in [0, 0.05) is 10.7 Å². The van der Waals surface area contributed by atoms with E-state index >= 15 is 0 Å². The normalized spacial score (nSPS) is 16.1. The number of nitrogens with one attached hydrogen (secondary N) is 1. The Morgan fingerprint density at radius 3 is 2.55 bits per heavy atom. The number of ether oxygens (including phenoxy) is 1. The summed E-state index contributed by atoms with van der Waals surface area (Å²) in [6, 6.07) is 2.98. The molecule has 5 nitrogen and oxygen atoms in total. The highest BCUT2D eigenvalue weighted by Crippen LogP contribution is 2.24. The number of rotatable bonds is 3. The van der Waals surface area contributed by atoms with E-state index in [-0.39, 0.29) is 16.7 Å². The van der Waals surface area contributed by atoms with Crippen molar-refractivity contribution in [2.24, 2.45) is 0 Å². The lowest BCUT2D eigenvalue weighted by molar-refractivity contribution is 0.114. The molecule has 1 aromatic carbocycles. The number of carbonyl (C=O) groups is 1. The Kier molecular flexibility index (Phi) is 4.49. The number of amides is 1. The highest BCUT2D eigenvalue weighted by molar-refractivity contribution is 8.13. The van der Waals surface area contributed by atoms with Crippen molar-refractivity contribution in [3.05, 3.63) is 24.0 Å². The van der Waals surface area contributed by atoms with Crippen molar-refractivity contribution >= 4 is 31.5 Å². The number of carbonyl (C=O) groups excluding carboxylic acids is 1. The van der Waals surface area contributed by atoms with Crippen LogP contribution < -0.4 is 5.32 Å². The quantitative estimate of drug-likeness (QED) is 0.867. The molecule has 0 aliphatic heterocycles. The van der Waals surface area contributed by atoms with Crippen LogP contribution in [0.2, 0.25) is 0 Å². The van der Waals surface area contributed by atoms with Crippen LogP contribution in [-0.4, -0.2) is 20.6 Å². The molecular formula is C12H13ClFNO4S. The summed E-state index contributed by atoms with van der Waals surface area (Å²) in [5, 5.41) is 2.24. The van der Waals surface area contributed by atoms with E-state index in [1.54, 1.807) is 0 Å². The molecule has 1 fully saturated rings. The van der Waals surface area contributed by atoms with Crippen LogP contribution in [0.5, 0.6) is 0 Å². The summed E-state index contributed by atoms with van der Waals surface area (Å²) < 4.78 is 40.8. The van der Waals surface area contributed by atoms with Gasteiger partial charge in [-0.25, -0.2) is 17.6 Å². The zero-order valence-corrected chi connectivity index (χ0v) is 12.0. The van der Waals surface area contributed by atoms with E-state index in [1.165, 1.54) is 0 Å². The molecule has 1 saturated carbocycles. The van der Waals surface area contributed by atoms with E-state index in [4.69, 9.17) is 15.4 Å². The molecule has 0 heterocycles. The van der Waals surface area contributed by atoms with Gasteiger partial charge in [-0.2, -0.15) is 0 Å². The zero-order valence-electron chi connectivity index (χ0n) is 10.4. The molecule has 0 unspecified atom stereocenters. The first-order valence-corrected chi connectivity index (χ1v) is 8.39. The van der Waals surface area contributed by atoms with Crippen molar-refractivity contribution < 1.29 is 22.3 Å². The van der Waals surface area contributed by atoms with Gasteiger partial charge in [-0.15, -0.1) is 0 Å². The van der Waals surface area contributed by atoms with E-state index < -0.39 is 21.0 Å². The van der Waals surface area contributed by atoms with E-state index in [2.05, 4.69) is 5.32 Å². The molecule has 1 aliphatic rings. The van der Waals surface area contributed by atoms with Gasteiger partial charge in [0.05, 0.1) is 10.6 Å². The van der Waals surface area contributed by atoms with Crippen molar-refractivity contribution in [2.45, 2.75) is 36.7 Å². The van der Waals surface area contributed by atoms with E-state index in [9.17, 15) is 17.6 Å². The average molecular weight is 322 g/mol. The topological polar surface area (TPSA) is 72.5 Å². The zero-order chi connectivity index (χ0) is 14.8. The number of benzene rings is 1. The van der Waals surface area contributed by atoms with Crippen LogP contribution in [0.1, 0.15) is 25.7 Å². The van der Waals surface area contributed by atoms with Gasteiger partial charge >= 0.3 is 6.09 Å². The molecule has 2 rings (SSSR count). The largest absolute Gasteiger partial charge is 0.446 e. The van der Waals surface area contributed by atoms with Crippen LogP contribution in [0.4, 0.5) is 14.9 Å². The van der Waals surface area contributed by atoms with Gasteiger partial charge in [0.25, 0.3) is 9.05 Å². The highest BCUT2D eigenvalue weighted by Gasteiger charge is 2.20. The fourth-order valence-corrected chi connectivity index (χ4v) is 2.81. The minimum Gasteiger partial charge on any atom is -0.446 e. The van der Waals surface area contributed by atoms with Gasteiger partial charge in [0.1, 0.15) is 11.9 Å². The lowest BCUT2D eigenvalue weighted by atomic mass is 10.3. The Morgan fingerprint density at radius 1 is 1.35 bits per heavy atom. The second-order valence-electron chi connectivity index (χ2n) is 4.52. The Balaban J connectivity index is 2.04. The molecule has 0 spiro atoms. The van der Waals surface area contributed by atoms with Gasteiger partial charge in [0.15, 0.2) is 0 Å². The van der Waals surface area contributed by atoms with Gasteiger partial charge in [-0.05, 0) is 43.9 Å². The molecule has 0 saturated heterocycles. The van der Waals surface area contributed by atoms with Gasteiger partial charge in [0.2, 0.25) is 0 Å². The summed E-state index contributed by atoms with van der Waals surface area (Å²) in [5.74, 6) is -0.893. The van der Waals surface area contributed by atoms with Crippen LogP contribution in [0.15, 0.2) is 23.1 Å². The van der Waals surface area contributed by atoms with Crippen LogP contribution >= 0.6 is 10.7 Å². The predicted molar refractivity (Wildman–Crippen MR) is 71.8 cm³/mol. The molecule has 1 amide bonds. The van der Waals surface area contributed by atoms with E-state index in [1.807, 2.05) is 0 Å². The molecule has 0 radical (unpaired) electrons. The van der Waals surface area contributed by atoms with Crippen LogP contribution in [-0.2, 0) is 13.8 Å². The fraction of sp³-hybridized carbons (Fsp3) is 0.417. The smallest absolute Gasteiger partial charge is 0.411 e. The minimum absolute atomic E-state index is 0.138. The number of halogens is 2. The van der Waals surface area contributed by atoms with Gasteiger partial charge in [-0.1, -0.05) is 0 Å². The Hall–Kier alpha value is -1.34. The Morgan fingerprint density at radius 2 is 2.00 bits per heavy atom. The van der Waals surface area contributed by atoms with E-state index in [0.717, 1.165) is 43.9 Å². The van der Waals surface area contributed by atoms with Crippen molar-refractivity contribution in [2.75, 3.05) is 5.32 Å². The fourth-order valence-electron chi connectivity index (χ4n) is 2.05. The van der Waals surface area contributed by atoms with Crippen molar-refractivity contribution in [3.63, 3.8) is 0 Å². The average Bonchev–Trinajstić information content (AvgIpc) is 2.83. The first-order valence-electron chi connectivity index (χ1n) is 6.08. The molecule has 8 heteroatoms. The third kappa shape index (κ3) is 3.83. The number of hydrogen-bond acceptors (Lipinski definition) is 4. The standard InChI is InChI=1S/C12H13ClFNO4S/c13-20(17,18)9-5-6-11(10(14)7-9)15-12(16)19-8-3-1-2-4-8/h5-8H,1-4H2,(H,15,16). The predicted octanol–water partition coefficient (Wildman–Crippen LogP) is 3.24. The van der Waals surface area contributed by atoms with E-state index in [0.29, 0.717) is 0 Å². The van der Waals surface area contributed by atoms with Gasteiger partial charge < -0.3 is 4.74 Å². The first-order chi connectivity index (χ1) is 9.36. The lowest BCUT2D eigenvalue weighted by Crippen LogP contribution is -2.20. The molecule has 0 bridgehead atoms. The molecule has 1 aromatic rings. The maximum absolute atomic E-state index is 13.7. The number of hydrogen-bond donors (Lipinski definition) is 1. The second kappa shape index (κ2) is 5.97. The minimum atomic E-state index is -4.00. The van der Waals surface area contributed by atoms with Crippen molar-refractivity contribution in [1.82, 2.24) is 0 Å². The molecule has 0 aromatic heterocycles. The van der Waals surface area contributed by atoms with Crippen LogP contribution in [0.25, 0.3) is 0 Å². The first kappa shape index (κ1) is 15.1. The Labute approximate surface area is 120 Å². The third-order valence-corrected chi connectivity index (χ3v) is 4.39. The Bertz CT molecular complexity index is 614. The summed E-state index contributed by atoms with van der Waals surface area (Å²) in [4.78, 5) is 11.2. The molecule has 0 atom stereocenters. The monoisotopic (exact) mass is 321 g/mol.